The van der Waals surface area contributed by atoms with Crippen molar-refractivity contribution in [2.45, 2.75) is 13.8 Å². The summed E-state index contributed by atoms with van der Waals surface area (Å²) in [6.45, 7) is 3.99. The fourth-order valence-corrected chi connectivity index (χ4v) is 2.74. The van der Waals surface area contributed by atoms with Gasteiger partial charge in [-0.3, -0.25) is 10.1 Å². The van der Waals surface area contributed by atoms with Crippen LogP contribution in [0.5, 0.6) is 0 Å². The summed E-state index contributed by atoms with van der Waals surface area (Å²) in [7, 11) is 0. The van der Waals surface area contributed by atoms with Gasteiger partial charge in [0.2, 0.25) is 0 Å². The SMILES string of the molecule is Cc1cc(Br)cc(C)c1Nc1ccc([N+](=O)[O-])c(N)c1. The van der Waals surface area contributed by atoms with Crippen LogP contribution in [0.1, 0.15) is 11.1 Å². The summed E-state index contributed by atoms with van der Waals surface area (Å²) in [5, 5.41) is 14.0. The molecule has 0 aliphatic heterocycles. The van der Waals surface area contributed by atoms with Crippen LogP contribution >= 0.6 is 15.9 Å². The normalized spacial score (nSPS) is 10.3. The molecule has 0 saturated heterocycles. The van der Waals surface area contributed by atoms with Crippen molar-refractivity contribution in [1.29, 1.82) is 0 Å². The molecule has 2 rings (SSSR count). The molecule has 0 bridgehead atoms. The standard InChI is InChI=1S/C14H14BrN3O2/c1-8-5-10(15)6-9(2)14(8)17-11-3-4-13(18(19)20)12(16)7-11/h3-7,17H,16H2,1-2H3. The van der Waals surface area contributed by atoms with Crippen molar-refractivity contribution < 1.29 is 4.92 Å². The first kappa shape index (κ1) is 14.3. The molecule has 0 amide bonds. The Hall–Kier alpha value is -2.08. The third-order valence-corrected chi connectivity index (χ3v) is 3.45. The second kappa shape index (κ2) is 5.50. The largest absolute Gasteiger partial charge is 0.393 e. The molecule has 3 N–H and O–H groups in total. The lowest BCUT2D eigenvalue weighted by atomic mass is 10.1. The van der Waals surface area contributed by atoms with E-state index in [0.717, 1.165) is 27.0 Å². The number of hydrogen-bond donors (Lipinski definition) is 2. The molecule has 0 aliphatic rings. The van der Waals surface area contributed by atoms with E-state index in [0.29, 0.717) is 0 Å². The molecular formula is C14H14BrN3O2. The van der Waals surface area contributed by atoms with Gasteiger partial charge in [-0.2, -0.15) is 0 Å². The zero-order valence-corrected chi connectivity index (χ0v) is 12.7. The van der Waals surface area contributed by atoms with Crippen LogP contribution in [0.2, 0.25) is 0 Å². The van der Waals surface area contributed by atoms with E-state index in [1.807, 2.05) is 26.0 Å². The van der Waals surface area contributed by atoms with E-state index in [-0.39, 0.29) is 11.4 Å². The lowest BCUT2D eigenvalue weighted by Gasteiger charge is -2.14. The summed E-state index contributed by atoms with van der Waals surface area (Å²) in [5.74, 6) is 0. The molecule has 20 heavy (non-hydrogen) atoms. The highest BCUT2D eigenvalue weighted by Crippen LogP contribution is 2.31. The van der Waals surface area contributed by atoms with Gasteiger partial charge >= 0.3 is 0 Å². The van der Waals surface area contributed by atoms with E-state index in [1.54, 1.807) is 12.1 Å². The first-order chi connectivity index (χ1) is 9.38. The number of halogens is 1. The van der Waals surface area contributed by atoms with Gasteiger partial charge in [0.1, 0.15) is 5.69 Å². The van der Waals surface area contributed by atoms with Crippen LogP contribution in [0.25, 0.3) is 0 Å². The Bertz CT molecular complexity index is 663. The highest BCUT2D eigenvalue weighted by atomic mass is 79.9. The number of hydrogen-bond acceptors (Lipinski definition) is 4. The van der Waals surface area contributed by atoms with E-state index >= 15 is 0 Å². The van der Waals surface area contributed by atoms with Crippen molar-refractivity contribution in [2.75, 3.05) is 11.1 Å². The molecule has 0 aliphatic carbocycles. The van der Waals surface area contributed by atoms with Crippen LogP contribution in [0.3, 0.4) is 0 Å². The molecule has 2 aromatic carbocycles. The van der Waals surface area contributed by atoms with Crippen molar-refractivity contribution in [2.24, 2.45) is 0 Å². The molecule has 0 radical (unpaired) electrons. The lowest BCUT2D eigenvalue weighted by Crippen LogP contribution is -1.99. The Labute approximate surface area is 125 Å². The summed E-state index contributed by atoms with van der Waals surface area (Å²) in [4.78, 5) is 10.2. The molecule has 104 valence electrons. The molecule has 5 nitrogen and oxygen atoms in total. The Balaban J connectivity index is 2.36. The fraction of sp³-hybridized carbons (Fsp3) is 0.143. The molecule has 0 saturated carbocycles. The molecule has 0 atom stereocenters. The minimum atomic E-state index is -0.491. The number of nitrogens with two attached hydrogens (primary N) is 1. The smallest absolute Gasteiger partial charge is 0.292 e. The predicted molar refractivity (Wildman–Crippen MR) is 84.4 cm³/mol. The maximum absolute atomic E-state index is 10.7. The molecule has 0 unspecified atom stereocenters. The minimum absolute atomic E-state index is 0.0835. The van der Waals surface area contributed by atoms with Gasteiger partial charge in [0.15, 0.2) is 0 Å². The van der Waals surface area contributed by atoms with Gasteiger partial charge < -0.3 is 11.1 Å². The number of nitro benzene ring substituents is 1. The molecular weight excluding hydrogens is 322 g/mol. The first-order valence-corrected chi connectivity index (χ1v) is 6.75. The van der Waals surface area contributed by atoms with Crippen molar-refractivity contribution in [3.8, 4) is 0 Å². The van der Waals surface area contributed by atoms with E-state index in [1.165, 1.54) is 6.07 Å². The van der Waals surface area contributed by atoms with Gasteiger partial charge in [-0.1, -0.05) is 15.9 Å². The van der Waals surface area contributed by atoms with Gasteiger partial charge in [0, 0.05) is 21.9 Å². The number of aryl methyl sites for hydroxylation is 2. The van der Waals surface area contributed by atoms with E-state index in [2.05, 4.69) is 21.2 Å². The molecule has 0 aromatic heterocycles. The summed E-state index contributed by atoms with van der Waals surface area (Å²) in [5.41, 5.74) is 9.60. The average molecular weight is 336 g/mol. The summed E-state index contributed by atoms with van der Waals surface area (Å²) in [6.07, 6.45) is 0. The summed E-state index contributed by atoms with van der Waals surface area (Å²) < 4.78 is 1.02. The number of nitrogen functional groups attached to an aromatic ring is 1. The van der Waals surface area contributed by atoms with E-state index in [4.69, 9.17) is 5.73 Å². The second-order valence-corrected chi connectivity index (χ2v) is 5.49. The van der Waals surface area contributed by atoms with Crippen LogP contribution in [-0.4, -0.2) is 4.92 Å². The Morgan fingerprint density at radius 3 is 2.30 bits per heavy atom. The number of benzene rings is 2. The number of nitrogens with one attached hydrogen (secondary N) is 1. The average Bonchev–Trinajstić information content (AvgIpc) is 2.33. The maximum Gasteiger partial charge on any atom is 0.292 e. The first-order valence-electron chi connectivity index (χ1n) is 5.96. The Morgan fingerprint density at radius 2 is 1.80 bits per heavy atom. The number of anilines is 3. The predicted octanol–water partition coefficient (Wildman–Crippen LogP) is 4.30. The topological polar surface area (TPSA) is 81.2 Å². The molecule has 0 spiro atoms. The van der Waals surface area contributed by atoms with E-state index in [9.17, 15) is 10.1 Å². The molecule has 0 fully saturated rings. The lowest BCUT2D eigenvalue weighted by molar-refractivity contribution is -0.383. The van der Waals surface area contributed by atoms with Gasteiger partial charge in [-0.05, 0) is 49.2 Å². The van der Waals surface area contributed by atoms with Crippen LogP contribution in [0.4, 0.5) is 22.7 Å². The van der Waals surface area contributed by atoms with Crippen LogP contribution < -0.4 is 11.1 Å². The zero-order valence-electron chi connectivity index (χ0n) is 11.1. The minimum Gasteiger partial charge on any atom is -0.393 e. The number of nitro groups is 1. The maximum atomic E-state index is 10.7. The summed E-state index contributed by atoms with van der Waals surface area (Å²) in [6, 6.07) is 8.63. The van der Waals surface area contributed by atoms with Gasteiger partial charge in [0.25, 0.3) is 5.69 Å². The van der Waals surface area contributed by atoms with Crippen LogP contribution in [-0.2, 0) is 0 Å². The van der Waals surface area contributed by atoms with Crippen molar-refractivity contribution in [3.63, 3.8) is 0 Å². The third kappa shape index (κ3) is 2.91. The summed E-state index contributed by atoms with van der Waals surface area (Å²) >= 11 is 3.45. The zero-order chi connectivity index (χ0) is 14.9. The highest BCUT2D eigenvalue weighted by molar-refractivity contribution is 9.10. The van der Waals surface area contributed by atoms with Crippen LogP contribution in [0, 0.1) is 24.0 Å². The highest BCUT2D eigenvalue weighted by Gasteiger charge is 2.12. The Kier molecular flexibility index (Phi) is 3.94. The van der Waals surface area contributed by atoms with Crippen molar-refractivity contribution in [3.05, 3.63) is 56.0 Å². The molecule has 0 heterocycles. The molecule has 6 heteroatoms. The quantitative estimate of drug-likeness (QED) is 0.497. The molecule has 2 aromatic rings. The van der Waals surface area contributed by atoms with E-state index < -0.39 is 4.92 Å². The number of nitrogens with zero attached hydrogens (tertiary/aromatic N) is 1. The number of rotatable bonds is 3. The van der Waals surface area contributed by atoms with Crippen molar-refractivity contribution >= 4 is 38.7 Å². The van der Waals surface area contributed by atoms with Gasteiger partial charge in [-0.15, -0.1) is 0 Å². The van der Waals surface area contributed by atoms with Gasteiger partial charge in [0.05, 0.1) is 4.92 Å². The third-order valence-electron chi connectivity index (χ3n) is 2.99. The second-order valence-electron chi connectivity index (χ2n) is 4.57. The van der Waals surface area contributed by atoms with Gasteiger partial charge in [-0.25, -0.2) is 0 Å². The van der Waals surface area contributed by atoms with Crippen LogP contribution in [0.15, 0.2) is 34.8 Å². The fourth-order valence-electron chi connectivity index (χ4n) is 2.05. The Morgan fingerprint density at radius 1 is 1.20 bits per heavy atom. The monoisotopic (exact) mass is 335 g/mol. The van der Waals surface area contributed by atoms with Crippen molar-refractivity contribution in [1.82, 2.24) is 0 Å².